The summed E-state index contributed by atoms with van der Waals surface area (Å²) in [6, 6.07) is 6.33. The standard InChI is InChI=1S/C18H27N3O/c19-14-18(9-3-1-4-10-18)12-17(22)21(16-7-8-16)13-15-6-2-5-11-20-15/h2,5-6,11,16H,1,3-4,7-10,12-14,19H2. The van der Waals surface area contributed by atoms with Crippen LogP contribution in [-0.2, 0) is 11.3 Å². The first-order valence-corrected chi connectivity index (χ1v) is 8.62. The second-order valence-electron chi connectivity index (χ2n) is 7.02. The fraction of sp³-hybridized carbons (Fsp3) is 0.667. The van der Waals surface area contributed by atoms with Gasteiger partial charge in [0, 0.05) is 18.7 Å². The number of nitrogens with two attached hydrogens (primary N) is 1. The van der Waals surface area contributed by atoms with Crippen molar-refractivity contribution in [3.63, 3.8) is 0 Å². The second-order valence-corrected chi connectivity index (χ2v) is 7.02. The lowest BCUT2D eigenvalue weighted by molar-refractivity contribution is -0.135. The Balaban J connectivity index is 1.67. The van der Waals surface area contributed by atoms with Crippen LogP contribution in [0.15, 0.2) is 24.4 Å². The fourth-order valence-corrected chi connectivity index (χ4v) is 3.65. The van der Waals surface area contributed by atoms with E-state index in [1.807, 2.05) is 23.1 Å². The molecule has 2 saturated carbocycles. The van der Waals surface area contributed by atoms with Crippen LogP contribution in [0.1, 0.15) is 57.1 Å². The van der Waals surface area contributed by atoms with Crippen molar-refractivity contribution < 1.29 is 4.79 Å². The molecule has 1 amide bonds. The van der Waals surface area contributed by atoms with Crippen LogP contribution < -0.4 is 5.73 Å². The molecule has 4 heteroatoms. The van der Waals surface area contributed by atoms with Gasteiger partial charge in [-0.25, -0.2) is 0 Å². The highest BCUT2D eigenvalue weighted by atomic mass is 16.2. The van der Waals surface area contributed by atoms with E-state index in [-0.39, 0.29) is 11.3 Å². The summed E-state index contributed by atoms with van der Waals surface area (Å²) < 4.78 is 0. The molecule has 2 aliphatic rings. The maximum Gasteiger partial charge on any atom is 0.223 e. The number of aromatic nitrogens is 1. The molecule has 0 aromatic carbocycles. The van der Waals surface area contributed by atoms with Crippen molar-refractivity contribution in [3.05, 3.63) is 30.1 Å². The molecule has 1 aromatic heterocycles. The van der Waals surface area contributed by atoms with Gasteiger partial charge >= 0.3 is 0 Å². The number of rotatable bonds is 6. The van der Waals surface area contributed by atoms with E-state index in [2.05, 4.69) is 4.98 Å². The van der Waals surface area contributed by atoms with E-state index >= 15 is 0 Å². The molecule has 1 aromatic rings. The third-order valence-electron chi connectivity index (χ3n) is 5.24. The fourth-order valence-electron chi connectivity index (χ4n) is 3.65. The van der Waals surface area contributed by atoms with Crippen molar-refractivity contribution >= 4 is 5.91 Å². The van der Waals surface area contributed by atoms with Crippen molar-refractivity contribution in [2.24, 2.45) is 11.1 Å². The zero-order chi connectivity index (χ0) is 15.4. The van der Waals surface area contributed by atoms with Crippen LogP contribution in [0.4, 0.5) is 0 Å². The lowest BCUT2D eigenvalue weighted by Crippen LogP contribution is -2.41. The molecule has 0 radical (unpaired) electrons. The smallest absolute Gasteiger partial charge is 0.223 e. The summed E-state index contributed by atoms with van der Waals surface area (Å²) in [5.41, 5.74) is 7.08. The first-order chi connectivity index (χ1) is 10.7. The first kappa shape index (κ1) is 15.5. The molecule has 1 heterocycles. The summed E-state index contributed by atoms with van der Waals surface area (Å²) in [5, 5.41) is 0. The van der Waals surface area contributed by atoms with Crippen LogP contribution in [0, 0.1) is 5.41 Å². The zero-order valence-corrected chi connectivity index (χ0v) is 13.3. The van der Waals surface area contributed by atoms with E-state index in [4.69, 9.17) is 5.73 Å². The Morgan fingerprint density at radius 1 is 1.27 bits per heavy atom. The topological polar surface area (TPSA) is 59.2 Å². The third-order valence-corrected chi connectivity index (χ3v) is 5.24. The van der Waals surface area contributed by atoms with E-state index in [1.165, 1.54) is 19.3 Å². The van der Waals surface area contributed by atoms with Gasteiger partial charge in [-0.05, 0) is 49.8 Å². The molecule has 0 unspecified atom stereocenters. The minimum atomic E-state index is 0.0482. The number of hydrogen-bond acceptors (Lipinski definition) is 3. The van der Waals surface area contributed by atoms with E-state index < -0.39 is 0 Å². The van der Waals surface area contributed by atoms with E-state index in [0.717, 1.165) is 31.4 Å². The average Bonchev–Trinajstić information content (AvgIpc) is 3.39. The third kappa shape index (κ3) is 3.67. The van der Waals surface area contributed by atoms with Crippen LogP contribution >= 0.6 is 0 Å². The highest BCUT2D eigenvalue weighted by Gasteiger charge is 2.38. The van der Waals surface area contributed by atoms with Crippen LogP contribution in [0.3, 0.4) is 0 Å². The van der Waals surface area contributed by atoms with Gasteiger partial charge in [-0.1, -0.05) is 25.3 Å². The molecule has 4 nitrogen and oxygen atoms in total. The number of hydrogen-bond donors (Lipinski definition) is 1. The Morgan fingerprint density at radius 2 is 2.05 bits per heavy atom. The summed E-state index contributed by atoms with van der Waals surface area (Å²) in [6.45, 7) is 1.28. The number of amides is 1. The number of carbonyl (C=O) groups is 1. The molecular weight excluding hydrogens is 274 g/mol. The van der Waals surface area contributed by atoms with Crippen LogP contribution in [0.25, 0.3) is 0 Å². The first-order valence-electron chi connectivity index (χ1n) is 8.62. The summed E-state index contributed by atoms with van der Waals surface area (Å²) in [5.74, 6) is 0.278. The normalized spacial score (nSPS) is 20.6. The Morgan fingerprint density at radius 3 is 2.64 bits per heavy atom. The minimum Gasteiger partial charge on any atom is -0.334 e. The number of carbonyl (C=O) groups excluding carboxylic acids is 1. The van der Waals surface area contributed by atoms with Gasteiger partial charge in [0.15, 0.2) is 0 Å². The number of nitrogens with zero attached hydrogens (tertiary/aromatic N) is 2. The van der Waals surface area contributed by atoms with E-state index in [0.29, 0.717) is 25.6 Å². The Kier molecular flexibility index (Phi) is 4.77. The molecule has 2 N–H and O–H groups in total. The quantitative estimate of drug-likeness (QED) is 0.879. The van der Waals surface area contributed by atoms with E-state index in [1.54, 1.807) is 6.20 Å². The van der Waals surface area contributed by atoms with Gasteiger partial charge in [-0.3, -0.25) is 9.78 Å². The summed E-state index contributed by atoms with van der Waals surface area (Å²) >= 11 is 0. The van der Waals surface area contributed by atoms with Gasteiger partial charge in [0.25, 0.3) is 0 Å². The lowest BCUT2D eigenvalue weighted by Gasteiger charge is -2.37. The molecule has 2 fully saturated rings. The molecule has 0 aliphatic heterocycles. The Labute approximate surface area is 133 Å². The van der Waals surface area contributed by atoms with Crippen LogP contribution in [-0.4, -0.2) is 28.4 Å². The molecule has 120 valence electrons. The Bertz CT molecular complexity index is 492. The van der Waals surface area contributed by atoms with E-state index in [9.17, 15) is 4.79 Å². The van der Waals surface area contributed by atoms with Gasteiger partial charge < -0.3 is 10.6 Å². The largest absolute Gasteiger partial charge is 0.334 e. The molecule has 0 atom stereocenters. The van der Waals surface area contributed by atoms with Crippen molar-refractivity contribution in [1.29, 1.82) is 0 Å². The monoisotopic (exact) mass is 301 g/mol. The molecule has 0 saturated heterocycles. The molecule has 3 rings (SSSR count). The van der Waals surface area contributed by atoms with Crippen molar-refractivity contribution in [3.8, 4) is 0 Å². The SMILES string of the molecule is NCC1(CC(=O)N(Cc2ccccn2)C2CC2)CCCCC1. The molecular formula is C18H27N3O. The highest BCUT2D eigenvalue weighted by Crippen LogP contribution is 2.40. The van der Waals surface area contributed by atoms with Gasteiger partial charge in [0.2, 0.25) is 5.91 Å². The van der Waals surface area contributed by atoms with Crippen molar-refractivity contribution in [1.82, 2.24) is 9.88 Å². The summed E-state index contributed by atoms with van der Waals surface area (Å²) in [4.78, 5) is 19.3. The van der Waals surface area contributed by atoms with Crippen molar-refractivity contribution in [2.45, 2.75) is 64.0 Å². The second kappa shape index (κ2) is 6.78. The van der Waals surface area contributed by atoms with Gasteiger partial charge in [-0.2, -0.15) is 0 Å². The summed E-state index contributed by atoms with van der Waals surface area (Å²) in [6.07, 6.45) is 10.6. The predicted octanol–water partition coefficient (Wildman–Crippen LogP) is 2.87. The van der Waals surface area contributed by atoms with Crippen LogP contribution in [0.2, 0.25) is 0 Å². The number of pyridine rings is 1. The minimum absolute atomic E-state index is 0.0482. The zero-order valence-electron chi connectivity index (χ0n) is 13.3. The average molecular weight is 301 g/mol. The van der Waals surface area contributed by atoms with Crippen LogP contribution in [0.5, 0.6) is 0 Å². The van der Waals surface area contributed by atoms with Crippen molar-refractivity contribution in [2.75, 3.05) is 6.54 Å². The lowest BCUT2D eigenvalue weighted by atomic mass is 9.71. The molecule has 0 spiro atoms. The maximum atomic E-state index is 12.9. The highest BCUT2D eigenvalue weighted by molar-refractivity contribution is 5.77. The molecule has 22 heavy (non-hydrogen) atoms. The van der Waals surface area contributed by atoms with Gasteiger partial charge in [-0.15, -0.1) is 0 Å². The molecule has 0 bridgehead atoms. The maximum absolute atomic E-state index is 12.9. The summed E-state index contributed by atoms with van der Waals surface area (Å²) in [7, 11) is 0. The van der Waals surface area contributed by atoms with Gasteiger partial charge in [0.05, 0.1) is 12.2 Å². The Hall–Kier alpha value is -1.42. The van der Waals surface area contributed by atoms with Gasteiger partial charge in [0.1, 0.15) is 0 Å². The molecule has 2 aliphatic carbocycles. The predicted molar refractivity (Wildman–Crippen MR) is 87.0 cm³/mol.